The molecule has 0 aromatic heterocycles. The van der Waals surface area contributed by atoms with Crippen molar-refractivity contribution in [1.29, 1.82) is 0 Å². The van der Waals surface area contributed by atoms with Gasteiger partial charge in [-0.2, -0.15) is 0 Å². The number of aliphatic hydroxyl groups is 4. The largest absolute Gasteiger partial charge is 1.00 e. The Balaban J connectivity index is 0.000000128. The molecule has 12 aliphatic rings. The molecule has 7 N–H and O–H groups in total. The molecule has 15 atom stereocenters. The van der Waals surface area contributed by atoms with Gasteiger partial charge in [0.05, 0.1) is 5.97 Å². The number of aromatic hydroxyl groups is 3. The number of hydrogen-bond acceptors (Lipinski definition) is 19. The van der Waals surface area contributed by atoms with Crippen LogP contribution >= 0.6 is 0 Å². The van der Waals surface area contributed by atoms with Crippen molar-refractivity contribution in [3.8, 4) is 34.5 Å². The first-order valence-corrected chi connectivity index (χ1v) is 26.3. The standard InChI is InChI=1S/3C17H19NO3.C6H8O7.3Na/c3*1-18-7-6-17-10-3-5-13(20)16(17)21-15-12(19)4-2-9(14(15)17)8-11(10)18;7-3(8)1-6(13,5(11)12)2-4(9)10;;;/h3*2-5,10-11,13,16,19-20H,6-8H2,1H3;13H,1-2H2,(H,7,8)(H,9,10)(H,11,12);;;/q;;;;3*+1/p-3/t3*10-,11+,13-,16-,17-;;;;/m000..../s1. The number of piperidine rings is 3. The second-order valence-corrected chi connectivity index (χ2v) is 23.2. The summed E-state index contributed by atoms with van der Waals surface area (Å²) in [5, 5.41) is 101. The van der Waals surface area contributed by atoms with Gasteiger partial charge in [-0.15, -0.1) is 0 Å². The Hall–Kier alpha value is -3.19. The molecular weight excluding hydrogens is 1050 g/mol. The van der Waals surface area contributed by atoms with Crippen molar-refractivity contribution in [3.63, 3.8) is 0 Å². The maximum atomic E-state index is 10.4. The number of aliphatic carboxylic acids is 3. The summed E-state index contributed by atoms with van der Waals surface area (Å²) in [5.74, 6) is -2.42. The smallest absolute Gasteiger partial charge is 0.550 e. The number of phenolic OH excluding ortho intramolecular Hbond substituents is 3. The van der Waals surface area contributed by atoms with Gasteiger partial charge < -0.3 is 94.4 Å². The van der Waals surface area contributed by atoms with E-state index in [1.54, 1.807) is 18.2 Å². The summed E-state index contributed by atoms with van der Waals surface area (Å²) in [4.78, 5) is 37.3. The number of carboxylic acid groups (broad SMARTS) is 3. The number of nitrogens with zero attached hydrogens (tertiary/aromatic N) is 3. The Bertz CT molecular complexity index is 2760. The summed E-state index contributed by atoms with van der Waals surface area (Å²) >= 11 is 0. The first kappa shape index (κ1) is 60.4. The van der Waals surface area contributed by atoms with Crippen LogP contribution in [0.4, 0.5) is 0 Å². The number of hydrogen-bond donors (Lipinski definition) is 7. The Labute approximate surface area is 523 Å². The van der Waals surface area contributed by atoms with Crippen LogP contribution < -0.4 is 118 Å². The van der Waals surface area contributed by atoms with E-state index in [-0.39, 0.29) is 140 Å². The van der Waals surface area contributed by atoms with Gasteiger partial charge >= 0.3 is 88.7 Å². The van der Waals surface area contributed by atoms with E-state index in [1.807, 2.05) is 36.4 Å². The number of likely N-dealkylation sites (N-methyl/N-ethyl adjacent to an activating group) is 3. The average Bonchev–Trinajstić information content (AvgIpc) is 2.93. The molecule has 0 unspecified atom stereocenters. The monoisotopic (exact) mass is 1110 g/mol. The zero-order valence-corrected chi connectivity index (χ0v) is 51.3. The molecule has 0 amide bonds. The number of rotatable bonds is 5. The topological polar surface area (TPSA) is 299 Å². The number of likely N-dealkylation sites (tertiary alicyclic amines) is 3. The number of carboxylic acids is 3. The van der Waals surface area contributed by atoms with Crippen LogP contribution in [0, 0.1) is 17.8 Å². The third-order valence-corrected chi connectivity index (χ3v) is 19.7. The fourth-order valence-corrected chi connectivity index (χ4v) is 16.4. The molecule has 0 radical (unpaired) electrons. The molecule has 3 saturated heterocycles. The summed E-state index contributed by atoms with van der Waals surface area (Å²) in [6, 6.07) is 12.7. The predicted octanol–water partition coefficient (Wildman–Crippen LogP) is -10.6. The molecule has 0 saturated carbocycles. The quantitative estimate of drug-likeness (QED) is 0.0922. The van der Waals surface area contributed by atoms with E-state index in [4.69, 9.17) is 19.3 Å². The molecule has 6 aliphatic heterocycles. The summed E-state index contributed by atoms with van der Waals surface area (Å²) in [6.07, 6.45) is 12.8. The third kappa shape index (κ3) is 8.92. The van der Waals surface area contributed by atoms with Gasteiger partial charge in [0.25, 0.3) is 0 Å². The third-order valence-electron chi connectivity index (χ3n) is 19.7. The van der Waals surface area contributed by atoms with Gasteiger partial charge in [0.2, 0.25) is 0 Å². The minimum absolute atomic E-state index is 0. The van der Waals surface area contributed by atoms with Crippen molar-refractivity contribution in [2.24, 2.45) is 17.8 Å². The van der Waals surface area contributed by atoms with Gasteiger partial charge in [0, 0.05) is 93.6 Å². The van der Waals surface area contributed by atoms with Crippen molar-refractivity contribution in [2.45, 2.75) is 128 Å². The maximum absolute atomic E-state index is 10.4. The molecule has 6 aliphatic carbocycles. The normalized spacial score (nSPS) is 35.7. The van der Waals surface area contributed by atoms with Gasteiger partial charge in [-0.05, 0) is 114 Å². The van der Waals surface area contributed by atoms with E-state index in [1.165, 1.54) is 33.4 Å². The second-order valence-electron chi connectivity index (χ2n) is 23.2. The number of benzene rings is 3. The van der Waals surface area contributed by atoms with Gasteiger partial charge in [-0.3, -0.25) is 0 Å². The van der Waals surface area contributed by atoms with Crippen LogP contribution in [0.2, 0.25) is 0 Å². The van der Waals surface area contributed by atoms with Crippen LogP contribution in [0.5, 0.6) is 34.5 Å². The van der Waals surface area contributed by atoms with Crippen LogP contribution in [0.15, 0.2) is 72.9 Å². The number of carbonyl (C=O) groups excluding carboxylic acids is 3. The van der Waals surface area contributed by atoms with Crippen molar-refractivity contribution < 1.29 is 168 Å². The Kier molecular flexibility index (Phi) is 16.6. The molecule has 3 fully saturated rings. The van der Waals surface area contributed by atoms with Crippen LogP contribution in [0.3, 0.4) is 0 Å². The first-order chi connectivity index (χ1) is 36.2. The SMILES string of the molecule is CN1CC[C@]23c4c5ccc(O)c4O[C@H]2[C@@H](O)C=C[C@H]3[C@H]1C5.CN1CC[C@]23c4c5ccc(O)c4O[C@H]2[C@@H](O)C=C[C@H]3[C@H]1C5.CN1CC[C@]23c4c5ccc(O)c4O[C@H]2[C@@H](O)C=C[C@H]3[C@H]1C5.O=C([O-])CC(O)(CC(=O)[O-])C(=O)[O-].[Na+].[Na+].[Na+]. The molecule has 404 valence electrons. The van der Waals surface area contributed by atoms with Gasteiger partial charge in [0.1, 0.15) is 42.2 Å². The molecule has 79 heavy (non-hydrogen) atoms. The second kappa shape index (κ2) is 21.8. The van der Waals surface area contributed by atoms with Crippen LogP contribution in [-0.4, -0.2) is 169 Å². The fraction of sp³-hybridized carbons (Fsp3) is 0.526. The first-order valence-electron chi connectivity index (χ1n) is 26.3. The van der Waals surface area contributed by atoms with Crippen molar-refractivity contribution in [2.75, 3.05) is 40.8 Å². The zero-order chi connectivity index (χ0) is 53.7. The Morgan fingerprint density at radius 3 is 1.05 bits per heavy atom. The number of aliphatic hydroxyl groups excluding tert-OH is 3. The molecule has 6 heterocycles. The van der Waals surface area contributed by atoms with Crippen molar-refractivity contribution in [1.82, 2.24) is 14.7 Å². The number of phenols is 3. The molecule has 22 heteroatoms. The van der Waals surface area contributed by atoms with Gasteiger partial charge in [-0.1, -0.05) is 54.7 Å². The number of carbonyl (C=O) groups is 3. The van der Waals surface area contributed by atoms with Crippen LogP contribution in [-0.2, 0) is 49.9 Å². The summed E-state index contributed by atoms with van der Waals surface area (Å²) < 4.78 is 18.3. The van der Waals surface area contributed by atoms with Crippen LogP contribution in [0.25, 0.3) is 0 Å². The minimum Gasteiger partial charge on any atom is -0.550 e. The minimum atomic E-state index is -2.97. The van der Waals surface area contributed by atoms with E-state index < -0.39 is 54.7 Å². The maximum Gasteiger partial charge on any atom is 1.00 e. The van der Waals surface area contributed by atoms with E-state index >= 15 is 0 Å². The van der Waals surface area contributed by atoms with Crippen molar-refractivity contribution >= 4 is 17.9 Å². The van der Waals surface area contributed by atoms with E-state index in [9.17, 15) is 60.3 Å². The van der Waals surface area contributed by atoms with E-state index in [0.29, 0.717) is 53.1 Å². The molecule has 6 bridgehead atoms. The van der Waals surface area contributed by atoms with E-state index in [2.05, 4.69) is 54.1 Å². The molecule has 3 spiro atoms. The number of ether oxygens (including phenoxy) is 3. The Morgan fingerprint density at radius 2 is 0.797 bits per heavy atom. The summed E-state index contributed by atoms with van der Waals surface area (Å²) in [5.41, 5.74) is 3.90. The van der Waals surface area contributed by atoms with Gasteiger partial charge in [0.15, 0.2) is 34.5 Å². The molecule has 3 aromatic rings. The molecule has 19 nitrogen and oxygen atoms in total. The predicted molar refractivity (Wildman–Crippen MR) is 262 cm³/mol. The van der Waals surface area contributed by atoms with Crippen molar-refractivity contribution in [3.05, 3.63) is 106 Å². The zero-order valence-electron chi connectivity index (χ0n) is 45.3. The van der Waals surface area contributed by atoms with Gasteiger partial charge in [-0.25, -0.2) is 0 Å². The molecule has 3 aromatic carbocycles. The molecule has 15 rings (SSSR count). The van der Waals surface area contributed by atoms with E-state index in [0.717, 1.165) is 58.2 Å². The fourth-order valence-electron chi connectivity index (χ4n) is 16.4. The summed E-state index contributed by atoms with van der Waals surface area (Å²) in [7, 11) is 6.56. The summed E-state index contributed by atoms with van der Waals surface area (Å²) in [6.45, 7) is 3.03. The molecular formula is C57H62N3Na3O16. The average molecular weight is 1110 g/mol. The Morgan fingerprint density at radius 1 is 0.519 bits per heavy atom. The van der Waals surface area contributed by atoms with Crippen LogP contribution in [0.1, 0.15) is 65.5 Å².